The third kappa shape index (κ3) is 1.49. The van der Waals surface area contributed by atoms with E-state index in [4.69, 9.17) is 11.6 Å². The summed E-state index contributed by atoms with van der Waals surface area (Å²) in [5.41, 5.74) is 1.17. The SMILES string of the molecule is Clc1ncc(-c2ccccc2)s1. The Morgan fingerprint density at radius 1 is 1.17 bits per heavy atom. The highest BCUT2D eigenvalue weighted by atomic mass is 35.5. The van der Waals surface area contributed by atoms with E-state index in [9.17, 15) is 0 Å². The van der Waals surface area contributed by atoms with E-state index >= 15 is 0 Å². The van der Waals surface area contributed by atoms with Gasteiger partial charge < -0.3 is 0 Å². The monoisotopic (exact) mass is 195 g/mol. The number of aromatic nitrogens is 1. The lowest BCUT2D eigenvalue weighted by Crippen LogP contribution is -1.67. The molecular formula is C9H6ClNS. The van der Waals surface area contributed by atoms with Crippen LogP contribution in [0.2, 0.25) is 4.47 Å². The minimum atomic E-state index is 0.592. The van der Waals surface area contributed by atoms with Gasteiger partial charge in [-0.05, 0) is 5.56 Å². The van der Waals surface area contributed by atoms with Crippen LogP contribution in [0.25, 0.3) is 10.4 Å². The molecular weight excluding hydrogens is 190 g/mol. The van der Waals surface area contributed by atoms with Crippen molar-refractivity contribution >= 4 is 22.9 Å². The first-order valence-corrected chi connectivity index (χ1v) is 4.72. The van der Waals surface area contributed by atoms with Gasteiger partial charge in [0.1, 0.15) is 0 Å². The van der Waals surface area contributed by atoms with E-state index in [0.717, 1.165) is 4.88 Å². The maximum Gasteiger partial charge on any atom is 0.184 e. The van der Waals surface area contributed by atoms with Crippen LogP contribution in [0.3, 0.4) is 0 Å². The summed E-state index contributed by atoms with van der Waals surface area (Å²) in [6, 6.07) is 10.1. The molecule has 0 radical (unpaired) electrons. The lowest BCUT2D eigenvalue weighted by Gasteiger charge is -1.92. The van der Waals surface area contributed by atoms with Crippen molar-refractivity contribution in [3.05, 3.63) is 41.0 Å². The summed E-state index contributed by atoms with van der Waals surface area (Å²) >= 11 is 7.21. The second-order valence-electron chi connectivity index (χ2n) is 2.34. The maximum absolute atomic E-state index is 5.72. The molecule has 12 heavy (non-hydrogen) atoms. The first-order chi connectivity index (χ1) is 5.86. The summed E-state index contributed by atoms with van der Waals surface area (Å²) < 4.78 is 0.592. The topological polar surface area (TPSA) is 12.9 Å². The molecule has 0 N–H and O–H groups in total. The molecule has 60 valence electrons. The predicted molar refractivity (Wildman–Crippen MR) is 52.6 cm³/mol. The van der Waals surface area contributed by atoms with Gasteiger partial charge in [-0.1, -0.05) is 41.9 Å². The second-order valence-corrected chi connectivity index (χ2v) is 3.96. The van der Waals surface area contributed by atoms with Gasteiger partial charge >= 0.3 is 0 Å². The van der Waals surface area contributed by atoms with E-state index in [1.165, 1.54) is 16.9 Å². The molecule has 1 aromatic heterocycles. The standard InChI is InChI=1S/C9H6ClNS/c10-9-11-6-8(12-9)7-4-2-1-3-5-7/h1-6H. The highest BCUT2D eigenvalue weighted by molar-refractivity contribution is 7.18. The van der Waals surface area contributed by atoms with Crippen LogP contribution in [-0.4, -0.2) is 4.98 Å². The zero-order chi connectivity index (χ0) is 8.39. The third-order valence-corrected chi connectivity index (χ3v) is 2.70. The van der Waals surface area contributed by atoms with Crippen molar-refractivity contribution in [3.63, 3.8) is 0 Å². The van der Waals surface area contributed by atoms with Gasteiger partial charge in [0.25, 0.3) is 0 Å². The Balaban J connectivity index is 2.45. The fraction of sp³-hybridized carbons (Fsp3) is 0. The van der Waals surface area contributed by atoms with E-state index in [1.54, 1.807) is 6.20 Å². The number of benzene rings is 1. The maximum atomic E-state index is 5.72. The highest BCUT2D eigenvalue weighted by Gasteiger charge is 2.00. The number of thiazole rings is 1. The Labute approximate surface area is 79.7 Å². The number of hydrogen-bond donors (Lipinski definition) is 0. The Kier molecular flexibility index (Phi) is 2.11. The van der Waals surface area contributed by atoms with Gasteiger partial charge in [0, 0.05) is 6.20 Å². The van der Waals surface area contributed by atoms with Crippen molar-refractivity contribution in [2.45, 2.75) is 0 Å². The lowest BCUT2D eigenvalue weighted by molar-refractivity contribution is 1.42. The predicted octanol–water partition coefficient (Wildman–Crippen LogP) is 3.46. The van der Waals surface area contributed by atoms with E-state index in [1.807, 2.05) is 30.3 Å². The largest absolute Gasteiger partial charge is 0.233 e. The smallest absolute Gasteiger partial charge is 0.184 e. The Morgan fingerprint density at radius 3 is 2.50 bits per heavy atom. The van der Waals surface area contributed by atoms with Crippen molar-refractivity contribution in [3.8, 4) is 10.4 Å². The summed E-state index contributed by atoms with van der Waals surface area (Å²) in [5.74, 6) is 0. The second kappa shape index (κ2) is 3.25. The molecule has 3 heteroatoms. The van der Waals surface area contributed by atoms with Crippen molar-refractivity contribution in [2.75, 3.05) is 0 Å². The molecule has 2 aromatic rings. The van der Waals surface area contributed by atoms with Crippen LogP contribution >= 0.6 is 22.9 Å². The van der Waals surface area contributed by atoms with Crippen molar-refractivity contribution in [1.82, 2.24) is 4.98 Å². The van der Waals surface area contributed by atoms with E-state index < -0.39 is 0 Å². The molecule has 1 aromatic carbocycles. The Morgan fingerprint density at radius 2 is 1.92 bits per heavy atom. The normalized spacial score (nSPS) is 10.1. The average molecular weight is 196 g/mol. The molecule has 2 rings (SSSR count). The molecule has 0 saturated heterocycles. The first kappa shape index (κ1) is 7.77. The molecule has 0 fully saturated rings. The van der Waals surface area contributed by atoms with Gasteiger partial charge in [-0.15, -0.1) is 11.3 Å². The molecule has 0 bridgehead atoms. The average Bonchev–Trinajstić information content (AvgIpc) is 2.54. The van der Waals surface area contributed by atoms with Gasteiger partial charge in [0.2, 0.25) is 0 Å². The number of hydrogen-bond acceptors (Lipinski definition) is 2. The molecule has 0 aliphatic heterocycles. The summed E-state index contributed by atoms with van der Waals surface area (Å²) in [6.07, 6.45) is 1.79. The van der Waals surface area contributed by atoms with Crippen LogP contribution in [0.1, 0.15) is 0 Å². The fourth-order valence-corrected chi connectivity index (χ4v) is 1.93. The fourth-order valence-electron chi connectivity index (χ4n) is 0.989. The molecule has 0 spiro atoms. The zero-order valence-electron chi connectivity index (χ0n) is 6.20. The summed E-state index contributed by atoms with van der Waals surface area (Å²) in [5, 5.41) is 0. The number of rotatable bonds is 1. The molecule has 0 atom stereocenters. The van der Waals surface area contributed by atoms with E-state index in [0.29, 0.717) is 4.47 Å². The molecule has 0 saturated carbocycles. The Bertz CT molecular complexity index is 369. The Hall–Kier alpha value is -0.860. The molecule has 0 amide bonds. The van der Waals surface area contributed by atoms with Crippen molar-refractivity contribution in [2.24, 2.45) is 0 Å². The zero-order valence-corrected chi connectivity index (χ0v) is 7.77. The third-order valence-electron chi connectivity index (χ3n) is 1.54. The lowest BCUT2D eigenvalue weighted by atomic mass is 10.2. The van der Waals surface area contributed by atoms with E-state index in [-0.39, 0.29) is 0 Å². The van der Waals surface area contributed by atoms with Gasteiger partial charge in [-0.2, -0.15) is 0 Å². The van der Waals surface area contributed by atoms with Crippen LogP contribution < -0.4 is 0 Å². The minimum Gasteiger partial charge on any atom is -0.233 e. The molecule has 0 unspecified atom stereocenters. The van der Waals surface area contributed by atoms with Crippen molar-refractivity contribution < 1.29 is 0 Å². The first-order valence-electron chi connectivity index (χ1n) is 3.53. The molecule has 1 nitrogen and oxygen atoms in total. The van der Waals surface area contributed by atoms with Gasteiger partial charge in [0.05, 0.1) is 4.88 Å². The summed E-state index contributed by atoms with van der Waals surface area (Å²) in [6.45, 7) is 0. The summed E-state index contributed by atoms with van der Waals surface area (Å²) in [7, 11) is 0. The van der Waals surface area contributed by atoms with E-state index in [2.05, 4.69) is 4.98 Å². The quantitative estimate of drug-likeness (QED) is 0.679. The highest BCUT2D eigenvalue weighted by Crippen LogP contribution is 2.27. The molecule has 0 aliphatic carbocycles. The van der Waals surface area contributed by atoms with Gasteiger partial charge in [-0.3, -0.25) is 0 Å². The summed E-state index contributed by atoms with van der Waals surface area (Å²) in [4.78, 5) is 5.09. The molecule has 0 aliphatic rings. The van der Waals surface area contributed by atoms with Gasteiger partial charge in [-0.25, -0.2) is 4.98 Å². The van der Waals surface area contributed by atoms with Crippen LogP contribution in [0.15, 0.2) is 36.5 Å². The van der Waals surface area contributed by atoms with Crippen LogP contribution in [0.5, 0.6) is 0 Å². The van der Waals surface area contributed by atoms with Gasteiger partial charge in [0.15, 0.2) is 4.47 Å². The van der Waals surface area contributed by atoms with Crippen molar-refractivity contribution in [1.29, 1.82) is 0 Å². The molecule has 1 heterocycles. The number of nitrogens with zero attached hydrogens (tertiary/aromatic N) is 1. The van der Waals surface area contributed by atoms with Crippen LogP contribution in [-0.2, 0) is 0 Å². The number of halogens is 1. The van der Waals surface area contributed by atoms with Crippen LogP contribution in [0, 0.1) is 0 Å². The van der Waals surface area contributed by atoms with Crippen LogP contribution in [0.4, 0.5) is 0 Å². The minimum absolute atomic E-state index is 0.592.